The normalized spacial score (nSPS) is 17.9. The molecule has 4 heterocycles. The molecule has 1 amide bonds. The number of hydrogen-bond donors (Lipinski definition) is 2. The van der Waals surface area contributed by atoms with Crippen molar-refractivity contribution in [3.05, 3.63) is 65.5 Å². The molecule has 0 bridgehead atoms. The predicted octanol–water partition coefficient (Wildman–Crippen LogP) is 1.90. The highest BCUT2D eigenvalue weighted by Crippen LogP contribution is 2.37. The summed E-state index contributed by atoms with van der Waals surface area (Å²) in [6.07, 6.45) is 1.33. The lowest BCUT2D eigenvalue weighted by Gasteiger charge is -2.15. The largest absolute Gasteiger partial charge is 0.388 e. The van der Waals surface area contributed by atoms with Crippen molar-refractivity contribution in [2.75, 3.05) is 13.1 Å². The van der Waals surface area contributed by atoms with Crippen LogP contribution in [0, 0.1) is 24.1 Å². The Hall–Kier alpha value is -4.07. The van der Waals surface area contributed by atoms with Gasteiger partial charge in [0.25, 0.3) is 5.91 Å². The van der Waals surface area contributed by atoms with Crippen LogP contribution < -0.4 is 0 Å². The van der Waals surface area contributed by atoms with Gasteiger partial charge in [0.05, 0.1) is 17.9 Å². The molecule has 0 radical (unpaired) electrons. The van der Waals surface area contributed by atoms with Crippen molar-refractivity contribution in [1.82, 2.24) is 24.1 Å². The van der Waals surface area contributed by atoms with E-state index in [2.05, 4.69) is 16.2 Å². The molecule has 1 aliphatic heterocycles. The van der Waals surface area contributed by atoms with Gasteiger partial charge >= 0.3 is 0 Å². The van der Waals surface area contributed by atoms with E-state index in [9.17, 15) is 20.3 Å². The first-order valence-corrected chi connectivity index (χ1v) is 10.7. The number of aliphatic hydroxyl groups excluding tert-OH is 2. The van der Waals surface area contributed by atoms with Crippen molar-refractivity contribution in [2.24, 2.45) is 7.05 Å². The zero-order valence-electron chi connectivity index (χ0n) is 18.5. The highest BCUT2D eigenvalue weighted by atomic mass is 19.1. The maximum Gasteiger partial charge on any atom is 0.254 e. The second-order valence-corrected chi connectivity index (χ2v) is 8.37. The number of benzene rings is 1. The number of nitrogens with zero attached hydrogens (tertiary/aromatic N) is 6. The Morgan fingerprint density at radius 3 is 2.59 bits per heavy atom. The molecule has 0 saturated carbocycles. The second-order valence-electron chi connectivity index (χ2n) is 8.37. The van der Waals surface area contributed by atoms with Crippen LogP contribution in [0.5, 0.6) is 0 Å². The van der Waals surface area contributed by atoms with E-state index < -0.39 is 18.0 Å². The molecular weight excluding hydrogens is 439 g/mol. The van der Waals surface area contributed by atoms with E-state index in [0.717, 1.165) is 5.56 Å². The molecule has 2 N–H and O–H groups in total. The number of aryl methyl sites for hydroxylation is 2. The van der Waals surface area contributed by atoms with E-state index in [1.165, 1.54) is 33.7 Å². The summed E-state index contributed by atoms with van der Waals surface area (Å²) in [5.74, 6) is -0.907. The van der Waals surface area contributed by atoms with Gasteiger partial charge in [-0.15, -0.1) is 0 Å². The van der Waals surface area contributed by atoms with Crippen LogP contribution in [-0.4, -0.2) is 65.5 Å². The predicted molar refractivity (Wildman–Crippen MR) is 120 cm³/mol. The summed E-state index contributed by atoms with van der Waals surface area (Å²) in [7, 11) is 1.78. The lowest BCUT2D eigenvalue weighted by Crippen LogP contribution is -2.29. The monoisotopic (exact) mass is 460 g/mol. The van der Waals surface area contributed by atoms with Crippen molar-refractivity contribution in [2.45, 2.75) is 19.1 Å². The fourth-order valence-corrected chi connectivity index (χ4v) is 4.43. The minimum absolute atomic E-state index is 0.0252. The maximum atomic E-state index is 15.2. The molecule has 0 spiro atoms. The third kappa shape index (κ3) is 3.42. The number of hydrogen-bond acceptors (Lipinski definition) is 6. The number of likely N-dealkylation sites (tertiary alicyclic amines) is 1. The highest BCUT2D eigenvalue weighted by Gasteiger charge is 2.33. The molecule has 172 valence electrons. The Kier molecular flexibility index (Phi) is 5.16. The number of pyridine rings is 1. The first-order chi connectivity index (χ1) is 16.3. The number of imidazole rings is 1. The maximum absolute atomic E-state index is 15.2. The number of aliphatic hydroxyl groups is 2. The number of amides is 1. The van der Waals surface area contributed by atoms with Crippen LogP contribution in [0.2, 0.25) is 0 Å². The Bertz CT molecular complexity index is 1470. The average Bonchev–Trinajstić information content (AvgIpc) is 3.46. The first-order valence-electron chi connectivity index (χ1n) is 10.7. The SMILES string of the molecule is Cc1nn(C)cc1-c1cccc(F)c1-c1nc2cc(C(=O)N3C[C@@H](O)[C@@H](O)C3)ccn2c1C#N. The van der Waals surface area contributed by atoms with E-state index in [0.29, 0.717) is 16.9 Å². The Balaban J connectivity index is 1.64. The van der Waals surface area contributed by atoms with E-state index in [4.69, 9.17) is 0 Å². The van der Waals surface area contributed by atoms with Crippen LogP contribution in [0.15, 0.2) is 42.7 Å². The third-order valence-electron chi connectivity index (χ3n) is 6.08. The Labute approximate surface area is 193 Å². The lowest BCUT2D eigenvalue weighted by atomic mass is 9.97. The zero-order chi connectivity index (χ0) is 24.1. The van der Waals surface area contributed by atoms with Crippen LogP contribution in [-0.2, 0) is 7.05 Å². The van der Waals surface area contributed by atoms with E-state index in [1.807, 2.05) is 6.92 Å². The van der Waals surface area contributed by atoms with E-state index in [1.54, 1.807) is 30.1 Å². The highest BCUT2D eigenvalue weighted by molar-refractivity contribution is 5.95. The first kappa shape index (κ1) is 21.8. The minimum Gasteiger partial charge on any atom is -0.388 e. The number of β-amino-alcohol motifs (C(OH)–C–C–N with tert-alkyl or cyclic N) is 2. The molecule has 0 unspecified atom stereocenters. The number of carbonyl (C=O) groups excluding carboxylic acids is 1. The minimum atomic E-state index is -0.994. The number of rotatable bonds is 3. The Morgan fingerprint density at radius 1 is 1.21 bits per heavy atom. The molecule has 9 nitrogen and oxygen atoms in total. The van der Waals surface area contributed by atoms with Gasteiger partial charge in [-0.2, -0.15) is 10.4 Å². The summed E-state index contributed by atoms with van der Waals surface area (Å²) in [6.45, 7) is 1.87. The molecule has 1 aromatic carbocycles. The summed E-state index contributed by atoms with van der Waals surface area (Å²) in [5.41, 5.74) is 3.05. The lowest BCUT2D eigenvalue weighted by molar-refractivity contribution is 0.0572. The van der Waals surface area contributed by atoms with Crippen LogP contribution in [0.3, 0.4) is 0 Å². The molecule has 5 rings (SSSR count). The molecule has 2 atom stereocenters. The van der Waals surface area contributed by atoms with Crippen molar-refractivity contribution in [3.63, 3.8) is 0 Å². The smallest absolute Gasteiger partial charge is 0.254 e. The molecule has 0 aliphatic carbocycles. The van der Waals surface area contributed by atoms with E-state index >= 15 is 4.39 Å². The fourth-order valence-electron chi connectivity index (χ4n) is 4.43. The second kappa shape index (κ2) is 8.06. The molecule has 4 aromatic rings. The van der Waals surface area contributed by atoms with E-state index in [-0.39, 0.29) is 41.5 Å². The van der Waals surface area contributed by atoms with Crippen LogP contribution in [0.4, 0.5) is 4.39 Å². The molecule has 3 aromatic heterocycles. The summed E-state index contributed by atoms with van der Waals surface area (Å²) >= 11 is 0. The van der Waals surface area contributed by atoms with Crippen LogP contribution in [0.1, 0.15) is 21.7 Å². The number of fused-ring (bicyclic) bond motifs is 1. The van der Waals surface area contributed by atoms with Crippen molar-refractivity contribution in [3.8, 4) is 28.5 Å². The van der Waals surface area contributed by atoms with Crippen LogP contribution in [0.25, 0.3) is 28.0 Å². The van der Waals surface area contributed by atoms with Crippen LogP contribution >= 0.6 is 0 Å². The van der Waals surface area contributed by atoms with Gasteiger partial charge in [0.2, 0.25) is 0 Å². The van der Waals surface area contributed by atoms with Gasteiger partial charge in [-0.05, 0) is 30.7 Å². The van der Waals surface area contributed by atoms with Crippen molar-refractivity contribution in [1.29, 1.82) is 5.26 Å². The zero-order valence-corrected chi connectivity index (χ0v) is 18.5. The molecule has 1 saturated heterocycles. The summed E-state index contributed by atoms with van der Waals surface area (Å²) < 4.78 is 18.3. The van der Waals surface area contributed by atoms with Gasteiger partial charge in [0, 0.05) is 49.2 Å². The quantitative estimate of drug-likeness (QED) is 0.482. The number of nitriles is 1. The molecule has 1 aliphatic rings. The summed E-state index contributed by atoms with van der Waals surface area (Å²) in [4.78, 5) is 18.8. The van der Waals surface area contributed by atoms with Gasteiger partial charge in [-0.3, -0.25) is 13.9 Å². The number of halogens is 1. The van der Waals surface area contributed by atoms with Gasteiger partial charge in [0.1, 0.15) is 23.2 Å². The standard InChI is InChI=1S/C24H21FN6O3/c1-13-16(10-29(2)28-13)15-4-3-5-17(25)22(15)23-18(9-26)31-7-6-14(8-21(31)27-23)24(34)30-11-19(32)20(33)12-30/h3-8,10,19-20,32-33H,11-12H2,1-2H3/t19-,20+. The fraction of sp³-hybridized carbons (Fsp3) is 0.250. The average molecular weight is 460 g/mol. The molecule has 10 heteroatoms. The Morgan fingerprint density at radius 2 is 1.94 bits per heavy atom. The molecule has 34 heavy (non-hydrogen) atoms. The van der Waals surface area contributed by atoms with Gasteiger partial charge in [0.15, 0.2) is 5.69 Å². The number of carbonyl (C=O) groups is 1. The van der Waals surface area contributed by atoms with Crippen molar-refractivity contribution < 1.29 is 19.4 Å². The summed E-state index contributed by atoms with van der Waals surface area (Å²) in [5, 5.41) is 33.8. The molecule has 1 fully saturated rings. The number of aromatic nitrogens is 4. The van der Waals surface area contributed by atoms with Crippen molar-refractivity contribution >= 4 is 11.6 Å². The van der Waals surface area contributed by atoms with Gasteiger partial charge < -0.3 is 15.1 Å². The van der Waals surface area contributed by atoms with Gasteiger partial charge in [-0.25, -0.2) is 9.37 Å². The van der Waals surface area contributed by atoms with Gasteiger partial charge in [-0.1, -0.05) is 12.1 Å². The third-order valence-corrected chi connectivity index (χ3v) is 6.08. The molecular formula is C24H21FN6O3. The summed E-state index contributed by atoms with van der Waals surface area (Å²) in [6, 6.07) is 9.82. The topological polar surface area (TPSA) is 120 Å².